The van der Waals surface area contributed by atoms with Gasteiger partial charge < -0.3 is 10.5 Å². The van der Waals surface area contributed by atoms with Gasteiger partial charge in [0.2, 0.25) is 0 Å². The minimum absolute atomic E-state index is 0.362. The third-order valence-electron chi connectivity index (χ3n) is 2.94. The summed E-state index contributed by atoms with van der Waals surface area (Å²) in [6.07, 6.45) is 0. The Hall–Kier alpha value is -1.52. The molecule has 0 fully saturated rings. The molecule has 0 bridgehead atoms. The molecule has 5 heteroatoms. The summed E-state index contributed by atoms with van der Waals surface area (Å²) < 4.78 is 7.76. The van der Waals surface area contributed by atoms with E-state index in [1.165, 1.54) is 0 Å². The molecule has 102 valence electrons. The van der Waals surface area contributed by atoms with Gasteiger partial charge in [0.15, 0.2) is 0 Å². The maximum absolute atomic E-state index is 6.10. The minimum atomic E-state index is 0.362. The summed E-state index contributed by atoms with van der Waals surface area (Å²) >= 11 is 6.10. The first kappa shape index (κ1) is 13.9. The summed E-state index contributed by atoms with van der Waals surface area (Å²) in [5.74, 6) is 0.733. The van der Waals surface area contributed by atoms with Crippen molar-refractivity contribution in [1.29, 1.82) is 0 Å². The third kappa shape index (κ3) is 3.08. The Balaban J connectivity index is 2.16. The molecule has 2 aromatic rings. The van der Waals surface area contributed by atoms with Crippen molar-refractivity contribution in [3.8, 4) is 5.75 Å². The van der Waals surface area contributed by atoms with E-state index in [4.69, 9.17) is 22.1 Å². The summed E-state index contributed by atoms with van der Waals surface area (Å²) in [6.45, 7) is 5.68. The number of nitrogens with zero attached hydrogens (tertiary/aromatic N) is 2. The van der Waals surface area contributed by atoms with Crippen LogP contribution in [0.15, 0.2) is 24.3 Å². The monoisotopic (exact) mass is 279 g/mol. The maximum Gasteiger partial charge on any atom is 0.130 e. The second kappa shape index (κ2) is 6.08. The van der Waals surface area contributed by atoms with E-state index >= 15 is 0 Å². The first-order valence-electron chi connectivity index (χ1n) is 6.29. The van der Waals surface area contributed by atoms with Crippen molar-refractivity contribution in [2.75, 3.05) is 0 Å². The fourth-order valence-corrected chi connectivity index (χ4v) is 2.26. The van der Waals surface area contributed by atoms with Gasteiger partial charge in [0.25, 0.3) is 0 Å². The van der Waals surface area contributed by atoms with Gasteiger partial charge in [0.1, 0.15) is 12.4 Å². The van der Waals surface area contributed by atoms with E-state index in [2.05, 4.69) is 12.0 Å². The molecule has 2 N–H and O–H groups in total. The zero-order chi connectivity index (χ0) is 13.8. The molecule has 4 nitrogen and oxygen atoms in total. The van der Waals surface area contributed by atoms with Crippen molar-refractivity contribution >= 4 is 11.6 Å². The van der Waals surface area contributed by atoms with Crippen LogP contribution in [0.2, 0.25) is 5.02 Å². The van der Waals surface area contributed by atoms with E-state index in [9.17, 15) is 0 Å². The van der Waals surface area contributed by atoms with Gasteiger partial charge in [-0.3, -0.25) is 4.68 Å². The van der Waals surface area contributed by atoms with E-state index in [0.29, 0.717) is 18.2 Å². The first-order valence-corrected chi connectivity index (χ1v) is 6.67. The maximum atomic E-state index is 6.10. The lowest BCUT2D eigenvalue weighted by Crippen LogP contribution is -2.08. The second-order valence-corrected chi connectivity index (χ2v) is 4.71. The molecule has 0 unspecified atom stereocenters. The lowest BCUT2D eigenvalue weighted by Gasteiger charge is -2.12. The number of ether oxygens (including phenoxy) is 1. The number of aryl methyl sites for hydroxylation is 2. The zero-order valence-corrected chi connectivity index (χ0v) is 11.9. The van der Waals surface area contributed by atoms with Gasteiger partial charge in [-0.15, -0.1) is 0 Å². The van der Waals surface area contributed by atoms with Crippen molar-refractivity contribution in [2.45, 2.75) is 33.5 Å². The van der Waals surface area contributed by atoms with Crippen LogP contribution in [0.5, 0.6) is 5.75 Å². The number of halogens is 1. The lowest BCUT2D eigenvalue weighted by molar-refractivity contribution is 0.289. The molecular formula is C14H18ClN3O. The van der Waals surface area contributed by atoms with Gasteiger partial charge in [-0.2, -0.15) is 5.10 Å². The van der Waals surface area contributed by atoms with E-state index in [1.54, 1.807) is 0 Å². The third-order valence-corrected chi connectivity index (χ3v) is 3.29. The molecule has 0 spiro atoms. The Morgan fingerprint density at radius 1 is 1.42 bits per heavy atom. The van der Waals surface area contributed by atoms with E-state index in [1.807, 2.05) is 35.9 Å². The van der Waals surface area contributed by atoms with Crippen molar-refractivity contribution < 1.29 is 4.74 Å². The van der Waals surface area contributed by atoms with Crippen LogP contribution in [0.1, 0.15) is 23.9 Å². The zero-order valence-electron chi connectivity index (χ0n) is 11.2. The van der Waals surface area contributed by atoms with Crippen LogP contribution in [0, 0.1) is 6.92 Å². The molecule has 0 aliphatic rings. The molecule has 2 rings (SSSR count). The number of hydrogen-bond acceptors (Lipinski definition) is 3. The molecule has 19 heavy (non-hydrogen) atoms. The van der Waals surface area contributed by atoms with Crippen molar-refractivity contribution in [1.82, 2.24) is 9.78 Å². The predicted octanol–water partition coefficient (Wildman–Crippen LogP) is 2.90. The Bertz CT molecular complexity index is 566. The number of rotatable bonds is 5. The van der Waals surface area contributed by atoms with Gasteiger partial charge in [0, 0.05) is 23.7 Å². The summed E-state index contributed by atoms with van der Waals surface area (Å²) in [4.78, 5) is 0. The standard InChI is InChI=1S/C14H18ClN3O/c1-3-18-11(7-10(2)17-18)9-19-14-6-4-5-13(15)12(14)8-16/h4-7H,3,8-9,16H2,1-2H3. The average molecular weight is 280 g/mol. The SMILES string of the molecule is CCn1nc(C)cc1COc1cccc(Cl)c1CN. The van der Waals surface area contributed by atoms with E-state index in [0.717, 1.165) is 29.2 Å². The van der Waals surface area contributed by atoms with Crippen LogP contribution in [0.3, 0.4) is 0 Å². The average Bonchev–Trinajstić information content (AvgIpc) is 2.76. The van der Waals surface area contributed by atoms with Crippen LogP contribution in [-0.4, -0.2) is 9.78 Å². The Kier molecular flexibility index (Phi) is 4.45. The van der Waals surface area contributed by atoms with Gasteiger partial charge in [-0.1, -0.05) is 17.7 Å². The van der Waals surface area contributed by atoms with Gasteiger partial charge >= 0.3 is 0 Å². The van der Waals surface area contributed by atoms with Crippen LogP contribution in [0.25, 0.3) is 0 Å². The molecule has 0 saturated carbocycles. The molecule has 0 aliphatic heterocycles. The smallest absolute Gasteiger partial charge is 0.130 e. The van der Waals surface area contributed by atoms with Gasteiger partial charge in [-0.05, 0) is 32.0 Å². The van der Waals surface area contributed by atoms with Crippen LogP contribution >= 0.6 is 11.6 Å². The molecular weight excluding hydrogens is 262 g/mol. The summed E-state index contributed by atoms with van der Waals surface area (Å²) in [5, 5.41) is 5.03. The highest BCUT2D eigenvalue weighted by Crippen LogP contribution is 2.26. The Morgan fingerprint density at radius 3 is 2.89 bits per heavy atom. The number of benzene rings is 1. The summed E-state index contributed by atoms with van der Waals surface area (Å²) in [6, 6.07) is 7.58. The lowest BCUT2D eigenvalue weighted by atomic mass is 10.2. The number of nitrogens with two attached hydrogens (primary N) is 1. The van der Waals surface area contributed by atoms with Gasteiger partial charge in [-0.25, -0.2) is 0 Å². The number of aromatic nitrogens is 2. The largest absolute Gasteiger partial charge is 0.487 e. The molecule has 0 aliphatic carbocycles. The topological polar surface area (TPSA) is 53.1 Å². The fourth-order valence-electron chi connectivity index (χ4n) is 2.01. The number of hydrogen-bond donors (Lipinski definition) is 1. The van der Waals surface area contributed by atoms with Crippen LogP contribution < -0.4 is 10.5 Å². The fraction of sp³-hybridized carbons (Fsp3) is 0.357. The second-order valence-electron chi connectivity index (χ2n) is 4.30. The normalized spacial score (nSPS) is 10.7. The molecule has 0 amide bonds. The molecule has 0 radical (unpaired) electrons. The predicted molar refractivity (Wildman–Crippen MR) is 76.3 cm³/mol. The quantitative estimate of drug-likeness (QED) is 0.916. The van der Waals surface area contributed by atoms with Crippen LogP contribution in [-0.2, 0) is 19.7 Å². The molecule has 1 aromatic carbocycles. The van der Waals surface area contributed by atoms with E-state index < -0.39 is 0 Å². The Morgan fingerprint density at radius 2 is 2.21 bits per heavy atom. The van der Waals surface area contributed by atoms with Crippen molar-refractivity contribution in [3.05, 3.63) is 46.2 Å². The first-order chi connectivity index (χ1) is 9.15. The summed E-state index contributed by atoms with van der Waals surface area (Å²) in [5.41, 5.74) is 8.57. The molecule has 1 aromatic heterocycles. The molecule has 0 atom stereocenters. The highest BCUT2D eigenvalue weighted by atomic mass is 35.5. The van der Waals surface area contributed by atoms with Crippen molar-refractivity contribution in [3.63, 3.8) is 0 Å². The molecule has 1 heterocycles. The summed E-state index contributed by atoms with van der Waals surface area (Å²) in [7, 11) is 0. The van der Waals surface area contributed by atoms with E-state index in [-0.39, 0.29) is 0 Å². The Labute approximate surface area is 118 Å². The van der Waals surface area contributed by atoms with Crippen LogP contribution in [0.4, 0.5) is 0 Å². The van der Waals surface area contributed by atoms with Crippen molar-refractivity contribution in [2.24, 2.45) is 5.73 Å². The minimum Gasteiger partial charge on any atom is -0.487 e. The molecule has 0 saturated heterocycles. The van der Waals surface area contributed by atoms with Gasteiger partial charge in [0.05, 0.1) is 11.4 Å². The highest BCUT2D eigenvalue weighted by molar-refractivity contribution is 6.31. The highest BCUT2D eigenvalue weighted by Gasteiger charge is 2.09.